The number of hydrogen-bond donors (Lipinski definition) is 1. The van der Waals surface area contributed by atoms with E-state index in [4.69, 9.17) is 4.55 Å². The Kier molecular flexibility index (Phi) is 5.09. The lowest BCUT2D eigenvalue weighted by molar-refractivity contribution is 0.240. The van der Waals surface area contributed by atoms with Crippen LogP contribution < -0.4 is 0 Å². The molecular weight excluding hydrogens is 200 g/mol. The van der Waals surface area contributed by atoms with Gasteiger partial charge in [-0.15, -0.1) is 0 Å². The van der Waals surface area contributed by atoms with E-state index in [0.717, 1.165) is 19.3 Å². The second-order valence-electron chi connectivity index (χ2n) is 4.95. The van der Waals surface area contributed by atoms with E-state index in [9.17, 15) is 8.42 Å². The maximum Gasteiger partial charge on any atom is 0.265 e. The molecule has 0 aliphatic rings. The summed E-state index contributed by atoms with van der Waals surface area (Å²) in [5.41, 5.74) is -0.0645. The van der Waals surface area contributed by atoms with E-state index in [-0.39, 0.29) is 17.1 Å². The van der Waals surface area contributed by atoms with Crippen LogP contribution in [0.5, 0.6) is 0 Å². The summed E-state index contributed by atoms with van der Waals surface area (Å²) < 4.78 is 30.4. The summed E-state index contributed by atoms with van der Waals surface area (Å²) in [6.45, 7) is 8.11. The summed E-state index contributed by atoms with van der Waals surface area (Å²) >= 11 is 0. The molecule has 4 heteroatoms. The molecule has 0 bridgehead atoms. The SMILES string of the molecule is CCCCC(CS(=O)(=O)O)C(C)(C)C. The summed E-state index contributed by atoms with van der Waals surface area (Å²) in [6.07, 6.45) is 2.93. The van der Waals surface area contributed by atoms with Gasteiger partial charge in [-0.3, -0.25) is 4.55 Å². The van der Waals surface area contributed by atoms with Gasteiger partial charge >= 0.3 is 0 Å². The Morgan fingerprint density at radius 3 is 2.07 bits per heavy atom. The molecule has 0 aliphatic heterocycles. The Morgan fingerprint density at radius 2 is 1.79 bits per heavy atom. The average Bonchev–Trinajstić information content (AvgIpc) is 1.93. The zero-order valence-corrected chi connectivity index (χ0v) is 10.4. The van der Waals surface area contributed by atoms with Crippen molar-refractivity contribution >= 4 is 10.1 Å². The molecule has 0 aromatic heterocycles. The first-order valence-corrected chi connectivity index (χ1v) is 6.73. The molecule has 14 heavy (non-hydrogen) atoms. The average molecular weight is 222 g/mol. The smallest absolute Gasteiger partial charge is 0.265 e. The number of rotatable bonds is 5. The molecule has 3 nitrogen and oxygen atoms in total. The second-order valence-corrected chi connectivity index (χ2v) is 6.45. The van der Waals surface area contributed by atoms with Gasteiger partial charge in [-0.1, -0.05) is 40.5 Å². The summed E-state index contributed by atoms with van der Waals surface area (Å²) in [6, 6.07) is 0. The molecule has 1 atom stereocenters. The minimum atomic E-state index is -3.84. The molecule has 0 radical (unpaired) electrons. The topological polar surface area (TPSA) is 54.4 Å². The Bertz CT molecular complexity index is 249. The van der Waals surface area contributed by atoms with E-state index in [1.165, 1.54) is 0 Å². The van der Waals surface area contributed by atoms with E-state index < -0.39 is 10.1 Å². The van der Waals surface area contributed by atoms with Crippen LogP contribution in [0.25, 0.3) is 0 Å². The summed E-state index contributed by atoms with van der Waals surface area (Å²) in [4.78, 5) is 0. The van der Waals surface area contributed by atoms with Gasteiger partial charge in [0.1, 0.15) is 0 Å². The molecule has 0 heterocycles. The molecule has 86 valence electrons. The Morgan fingerprint density at radius 1 is 1.29 bits per heavy atom. The molecular formula is C10H22O3S. The molecule has 1 N–H and O–H groups in total. The predicted octanol–water partition coefficient (Wildman–Crippen LogP) is 2.73. The van der Waals surface area contributed by atoms with Gasteiger partial charge in [0, 0.05) is 0 Å². The van der Waals surface area contributed by atoms with Gasteiger partial charge in [-0.05, 0) is 17.8 Å². The van der Waals surface area contributed by atoms with Crippen molar-refractivity contribution in [2.24, 2.45) is 11.3 Å². The zero-order valence-electron chi connectivity index (χ0n) is 9.58. The minimum absolute atomic E-state index is 0.0393. The zero-order chi connectivity index (χ0) is 11.4. The quantitative estimate of drug-likeness (QED) is 0.728. The lowest BCUT2D eigenvalue weighted by Gasteiger charge is -2.29. The van der Waals surface area contributed by atoms with Crippen molar-refractivity contribution in [2.45, 2.75) is 47.0 Å². The first-order chi connectivity index (χ1) is 6.17. The summed E-state index contributed by atoms with van der Waals surface area (Å²) in [5, 5.41) is 0. The van der Waals surface area contributed by atoms with Crippen molar-refractivity contribution in [1.29, 1.82) is 0 Å². The molecule has 0 spiro atoms. The van der Waals surface area contributed by atoms with Gasteiger partial charge in [0.15, 0.2) is 0 Å². The van der Waals surface area contributed by atoms with E-state index in [0.29, 0.717) is 0 Å². The van der Waals surface area contributed by atoms with Crippen LogP contribution in [0.2, 0.25) is 0 Å². The lowest BCUT2D eigenvalue weighted by Crippen LogP contribution is -2.27. The van der Waals surface area contributed by atoms with Gasteiger partial charge in [-0.25, -0.2) is 0 Å². The Balaban J connectivity index is 4.42. The van der Waals surface area contributed by atoms with Crippen LogP contribution in [-0.4, -0.2) is 18.7 Å². The van der Waals surface area contributed by atoms with Crippen LogP contribution in [-0.2, 0) is 10.1 Å². The highest BCUT2D eigenvalue weighted by Gasteiger charge is 2.28. The molecule has 1 unspecified atom stereocenters. The van der Waals surface area contributed by atoms with Crippen molar-refractivity contribution in [3.05, 3.63) is 0 Å². The maximum absolute atomic E-state index is 10.8. The van der Waals surface area contributed by atoms with Gasteiger partial charge in [0.25, 0.3) is 10.1 Å². The fraction of sp³-hybridized carbons (Fsp3) is 1.00. The van der Waals surface area contributed by atoms with Crippen LogP contribution in [0.3, 0.4) is 0 Å². The van der Waals surface area contributed by atoms with Crippen molar-refractivity contribution in [2.75, 3.05) is 5.75 Å². The molecule has 0 aromatic carbocycles. The first-order valence-electron chi connectivity index (χ1n) is 5.12. The normalized spacial score (nSPS) is 15.5. The lowest BCUT2D eigenvalue weighted by atomic mass is 9.79. The van der Waals surface area contributed by atoms with E-state index >= 15 is 0 Å². The largest absolute Gasteiger partial charge is 0.286 e. The van der Waals surface area contributed by atoms with Crippen LogP contribution in [0.1, 0.15) is 47.0 Å². The molecule has 0 aliphatic carbocycles. The van der Waals surface area contributed by atoms with E-state index in [1.807, 2.05) is 20.8 Å². The number of unbranched alkanes of at least 4 members (excludes halogenated alkanes) is 1. The van der Waals surface area contributed by atoms with Crippen molar-refractivity contribution in [3.63, 3.8) is 0 Å². The fourth-order valence-electron chi connectivity index (χ4n) is 1.47. The molecule has 0 aromatic rings. The van der Waals surface area contributed by atoms with Gasteiger partial charge in [0.2, 0.25) is 0 Å². The highest BCUT2D eigenvalue weighted by Crippen LogP contribution is 2.31. The van der Waals surface area contributed by atoms with E-state index in [1.54, 1.807) is 0 Å². The monoisotopic (exact) mass is 222 g/mol. The Labute approximate surface area is 87.7 Å². The highest BCUT2D eigenvalue weighted by molar-refractivity contribution is 7.85. The summed E-state index contributed by atoms with van der Waals surface area (Å²) in [7, 11) is -3.84. The van der Waals surface area contributed by atoms with Gasteiger partial charge in [-0.2, -0.15) is 8.42 Å². The van der Waals surface area contributed by atoms with Gasteiger partial charge < -0.3 is 0 Å². The molecule has 0 saturated carbocycles. The molecule has 0 saturated heterocycles. The highest BCUT2D eigenvalue weighted by atomic mass is 32.2. The predicted molar refractivity (Wildman–Crippen MR) is 58.9 cm³/mol. The third-order valence-electron chi connectivity index (χ3n) is 2.54. The molecule has 0 fully saturated rings. The fourth-order valence-corrected chi connectivity index (χ4v) is 2.65. The van der Waals surface area contributed by atoms with Crippen molar-refractivity contribution in [1.82, 2.24) is 0 Å². The standard InChI is InChI=1S/C10H22O3S/c1-5-6-7-9(10(2,3)4)8-14(11,12)13/h9H,5-8H2,1-4H3,(H,11,12,13). The summed E-state index contributed by atoms with van der Waals surface area (Å²) in [5.74, 6) is -0.0753. The van der Waals surface area contributed by atoms with Gasteiger partial charge in [0.05, 0.1) is 5.75 Å². The first kappa shape index (κ1) is 13.9. The third kappa shape index (κ3) is 6.38. The minimum Gasteiger partial charge on any atom is -0.286 e. The van der Waals surface area contributed by atoms with Crippen molar-refractivity contribution in [3.8, 4) is 0 Å². The Hall–Kier alpha value is -0.0900. The second kappa shape index (κ2) is 5.12. The van der Waals surface area contributed by atoms with Crippen LogP contribution in [0, 0.1) is 11.3 Å². The van der Waals surface area contributed by atoms with Crippen molar-refractivity contribution < 1.29 is 13.0 Å². The molecule has 0 rings (SSSR count). The van der Waals surface area contributed by atoms with Crippen LogP contribution in [0.4, 0.5) is 0 Å². The molecule has 0 amide bonds. The van der Waals surface area contributed by atoms with E-state index in [2.05, 4.69) is 6.92 Å². The number of hydrogen-bond acceptors (Lipinski definition) is 2. The van der Waals surface area contributed by atoms with Crippen LogP contribution in [0.15, 0.2) is 0 Å². The maximum atomic E-state index is 10.8. The van der Waals surface area contributed by atoms with Crippen LogP contribution >= 0.6 is 0 Å². The third-order valence-corrected chi connectivity index (χ3v) is 3.37.